The normalized spacial score (nSPS) is 16.7. The third-order valence-electron chi connectivity index (χ3n) is 4.31. The van der Waals surface area contributed by atoms with Crippen LogP contribution in [0.25, 0.3) is 0 Å². The molecule has 3 rings (SSSR count). The molecule has 0 bridgehead atoms. The third kappa shape index (κ3) is 4.51. The van der Waals surface area contributed by atoms with Crippen LogP contribution in [0.15, 0.2) is 53.6 Å². The molecule has 0 fully saturated rings. The van der Waals surface area contributed by atoms with Crippen LogP contribution in [0.2, 0.25) is 5.02 Å². The molecule has 0 aromatic heterocycles. The van der Waals surface area contributed by atoms with Crippen molar-refractivity contribution >= 4 is 34.1 Å². The van der Waals surface area contributed by atoms with E-state index in [0.717, 1.165) is 35.5 Å². The lowest BCUT2D eigenvalue weighted by atomic mass is 10.1. The molecule has 138 valence electrons. The van der Waals surface area contributed by atoms with Gasteiger partial charge in [-0.3, -0.25) is 9.22 Å². The predicted molar refractivity (Wildman–Crippen MR) is 107 cm³/mol. The summed E-state index contributed by atoms with van der Waals surface area (Å²) in [4.78, 5) is 1.87. The lowest BCUT2D eigenvalue weighted by molar-refractivity contribution is 0.396. The van der Waals surface area contributed by atoms with Crippen molar-refractivity contribution in [1.29, 1.82) is 0 Å². The summed E-state index contributed by atoms with van der Waals surface area (Å²) in [6, 6.07) is 15.3. The van der Waals surface area contributed by atoms with Gasteiger partial charge >= 0.3 is 0 Å². The maximum Gasteiger partial charge on any atom is 0.0700 e. The first-order chi connectivity index (χ1) is 12.4. The van der Waals surface area contributed by atoms with Gasteiger partial charge in [-0.1, -0.05) is 35.9 Å². The van der Waals surface area contributed by atoms with Gasteiger partial charge in [-0.25, -0.2) is 0 Å². The first-order valence-corrected chi connectivity index (χ1v) is 9.89. The van der Waals surface area contributed by atoms with Gasteiger partial charge in [0.1, 0.15) is 0 Å². The number of hydrogen-bond acceptors (Lipinski definition) is 5. The number of hydrazone groups is 1. The molecule has 5 nitrogen and oxygen atoms in total. The SMILES string of the molecule is CN(C)CC(c1ccc(N2CCC(c3ccc(Cl)cc3)=N2)cc1)S(=O)[O-]. The number of nitrogens with zero attached hydrogens (tertiary/aromatic N) is 3. The first kappa shape index (κ1) is 19.0. The van der Waals surface area contributed by atoms with Gasteiger partial charge in [0.25, 0.3) is 0 Å². The van der Waals surface area contributed by atoms with Gasteiger partial charge in [0.2, 0.25) is 0 Å². The van der Waals surface area contributed by atoms with Crippen molar-refractivity contribution in [3.63, 3.8) is 0 Å². The number of hydrogen-bond donors (Lipinski definition) is 0. The molecule has 2 aromatic carbocycles. The van der Waals surface area contributed by atoms with Gasteiger partial charge in [0, 0.05) is 24.5 Å². The minimum atomic E-state index is -2.16. The largest absolute Gasteiger partial charge is 0.772 e. The van der Waals surface area contributed by atoms with Crippen LogP contribution in [0, 0.1) is 0 Å². The predicted octanol–water partition coefficient (Wildman–Crippen LogP) is 3.44. The van der Waals surface area contributed by atoms with Crippen LogP contribution < -0.4 is 5.01 Å². The minimum absolute atomic E-state index is 0.456. The Bertz CT molecular complexity index is 807. The van der Waals surface area contributed by atoms with E-state index < -0.39 is 16.3 Å². The van der Waals surface area contributed by atoms with Gasteiger partial charge in [0.15, 0.2) is 0 Å². The minimum Gasteiger partial charge on any atom is -0.772 e. The van der Waals surface area contributed by atoms with Gasteiger partial charge in [-0.2, -0.15) is 5.10 Å². The highest BCUT2D eigenvalue weighted by Gasteiger charge is 2.18. The second kappa shape index (κ2) is 8.31. The van der Waals surface area contributed by atoms with Gasteiger partial charge in [-0.15, -0.1) is 0 Å². The average Bonchev–Trinajstić information content (AvgIpc) is 3.10. The molecule has 2 atom stereocenters. The van der Waals surface area contributed by atoms with E-state index in [2.05, 4.69) is 0 Å². The van der Waals surface area contributed by atoms with Crippen molar-refractivity contribution in [1.82, 2.24) is 4.90 Å². The van der Waals surface area contributed by atoms with Crippen LogP contribution in [0.3, 0.4) is 0 Å². The Labute approximate surface area is 161 Å². The zero-order valence-corrected chi connectivity index (χ0v) is 16.3. The fourth-order valence-corrected chi connectivity index (χ4v) is 3.88. The van der Waals surface area contributed by atoms with Crippen LogP contribution in [-0.2, 0) is 11.1 Å². The summed E-state index contributed by atoms with van der Waals surface area (Å²) >= 11 is 3.78. The molecular formula is C19H21ClN3O2S-. The topological polar surface area (TPSA) is 59.0 Å². The summed E-state index contributed by atoms with van der Waals surface area (Å²) in [5, 5.41) is 6.82. The first-order valence-electron chi connectivity index (χ1n) is 8.38. The molecule has 26 heavy (non-hydrogen) atoms. The van der Waals surface area contributed by atoms with E-state index in [1.54, 1.807) is 0 Å². The summed E-state index contributed by atoms with van der Waals surface area (Å²) in [7, 11) is 3.73. The monoisotopic (exact) mass is 390 g/mol. The highest BCUT2D eigenvalue weighted by Crippen LogP contribution is 2.26. The molecule has 1 aliphatic rings. The number of rotatable bonds is 6. The Balaban J connectivity index is 1.76. The summed E-state index contributed by atoms with van der Waals surface area (Å²) in [5.41, 5.74) is 3.84. The second-order valence-electron chi connectivity index (χ2n) is 6.53. The molecule has 0 amide bonds. The van der Waals surface area contributed by atoms with Crippen molar-refractivity contribution < 1.29 is 8.76 Å². The van der Waals surface area contributed by atoms with Gasteiger partial charge in [0.05, 0.1) is 16.6 Å². The van der Waals surface area contributed by atoms with Crippen LogP contribution in [0.4, 0.5) is 5.69 Å². The van der Waals surface area contributed by atoms with Crippen LogP contribution in [0.1, 0.15) is 22.8 Å². The Morgan fingerprint density at radius 3 is 2.42 bits per heavy atom. The number of anilines is 1. The van der Waals surface area contributed by atoms with Crippen molar-refractivity contribution in [3.05, 3.63) is 64.7 Å². The van der Waals surface area contributed by atoms with Crippen molar-refractivity contribution in [2.24, 2.45) is 5.10 Å². The fraction of sp³-hybridized carbons (Fsp3) is 0.316. The molecule has 0 spiro atoms. The maximum absolute atomic E-state index is 11.5. The van der Waals surface area contributed by atoms with Crippen molar-refractivity contribution in [3.8, 4) is 0 Å². The van der Waals surface area contributed by atoms with Crippen LogP contribution in [0.5, 0.6) is 0 Å². The van der Waals surface area contributed by atoms with E-state index in [9.17, 15) is 8.76 Å². The van der Waals surface area contributed by atoms with E-state index in [4.69, 9.17) is 16.7 Å². The molecular weight excluding hydrogens is 370 g/mol. The van der Waals surface area contributed by atoms with E-state index in [0.29, 0.717) is 11.6 Å². The fourth-order valence-electron chi connectivity index (χ4n) is 2.96. The average molecular weight is 391 g/mol. The lowest BCUT2D eigenvalue weighted by Crippen LogP contribution is -2.23. The van der Waals surface area contributed by atoms with E-state index in [1.165, 1.54) is 0 Å². The quantitative estimate of drug-likeness (QED) is 0.709. The van der Waals surface area contributed by atoms with Gasteiger partial charge in [-0.05, 0) is 60.6 Å². The molecule has 2 aromatic rings. The Morgan fingerprint density at radius 1 is 1.19 bits per heavy atom. The molecule has 1 aliphatic heterocycles. The second-order valence-corrected chi connectivity index (χ2v) is 8.06. The van der Waals surface area contributed by atoms with Crippen molar-refractivity contribution in [2.45, 2.75) is 11.7 Å². The molecule has 1 heterocycles. The standard InChI is InChI=1S/C19H22ClN3O2S/c1-22(2)13-19(26(24)25)15-5-9-17(10-6-15)23-12-11-18(21-23)14-3-7-16(20)8-4-14/h3-10,19H,11-13H2,1-2H3,(H,24,25)/p-1. The summed E-state index contributed by atoms with van der Waals surface area (Å²) in [6.45, 7) is 1.25. The number of likely N-dealkylation sites (N-methyl/N-ethyl adjacent to an activating group) is 1. The van der Waals surface area contributed by atoms with Gasteiger partial charge < -0.3 is 9.45 Å². The highest BCUT2D eigenvalue weighted by molar-refractivity contribution is 7.79. The Kier molecular flexibility index (Phi) is 6.09. The van der Waals surface area contributed by atoms with E-state index in [-0.39, 0.29) is 0 Å². The smallest absolute Gasteiger partial charge is 0.0700 e. The zero-order chi connectivity index (χ0) is 18.7. The summed E-state index contributed by atoms with van der Waals surface area (Å²) in [5.74, 6) is 0. The molecule has 2 unspecified atom stereocenters. The van der Waals surface area contributed by atoms with Crippen molar-refractivity contribution in [2.75, 3.05) is 32.2 Å². The van der Waals surface area contributed by atoms with E-state index >= 15 is 0 Å². The molecule has 0 aliphatic carbocycles. The Hall–Kier alpha value is -1.73. The highest BCUT2D eigenvalue weighted by atomic mass is 35.5. The molecule has 0 saturated carbocycles. The van der Waals surface area contributed by atoms with Crippen LogP contribution in [-0.4, -0.2) is 46.6 Å². The molecule has 0 saturated heterocycles. The van der Waals surface area contributed by atoms with Crippen LogP contribution >= 0.6 is 11.6 Å². The number of halogens is 1. The maximum atomic E-state index is 11.5. The van der Waals surface area contributed by atoms with E-state index in [1.807, 2.05) is 72.5 Å². The Morgan fingerprint density at radius 2 is 1.85 bits per heavy atom. The lowest BCUT2D eigenvalue weighted by Gasteiger charge is -2.24. The summed E-state index contributed by atoms with van der Waals surface area (Å²) in [6.07, 6.45) is 0.858. The zero-order valence-electron chi connectivity index (χ0n) is 14.8. The molecule has 7 heteroatoms. The number of benzene rings is 2. The molecule has 0 N–H and O–H groups in total. The third-order valence-corrected chi connectivity index (χ3v) is 5.44. The molecule has 0 radical (unpaired) electrons. The summed E-state index contributed by atoms with van der Waals surface area (Å²) < 4.78 is 23.1.